The third-order valence-corrected chi connectivity index (χ3v) is 11.5. The average molecular weight is 807 g/mol. The quantitative estimate of drug-likeness (QED) is 0.0772. The Kier molecular flexibility index (Phi) is 11.9. The molecule has 5 aromatic carbocycles. The molecule has 0 aromatic heterocycles. The summed E-state index contributed by atoms with van der Waals surface area (Å²) in [5.41, 5.74) is 12.7. The minimum atomic E-state index is -4.66. The van der Waals surface area contributed by atoms with Gasteiger partial charge in [0, 0.05) is 48.5 Å². The maximum atomic E-state index is 13.9. The first-order valence-electron chi connectivity index (χ1n) is 16.0. The topological polar surface area (TPSA) is 317 Å². The zero-order valence-electron chi connectivity index (χ0n) is 28.5. The number of nitrogens with two attached hydrogens (primary N) is 2. The maximum absolute atomic E-state index is 13.9. The molecule has 0 fully saturated rings. The van der Waals surface area contributed by atoms with Crippen LogP contribution in [0.2, 0.25) is 0 Å². The van der Waals surface area contributed by atoms with Crippen molar-refractivity contribution in [3.63, 3.8) is 0 Å². The predicted octanol–water partition coefficient (Wildman–Crippen LogP) is 4.76. The van der Waals surface area contributed by atoms with E-state index in [1.165, 1.54) is 48.5 Å². The van der Waals surface area contributed by atoms with Crippen molar-refractivity contribution < 1.29 is 36.5 Å². The summed E-state index contributed by atoms with van der Waals surface area (Å²) in [4.78, 5) is 41.3. The van der Waals surface area contributed by atoms with Crippen molar-refractivity contribution in [1.82, 2.24) is 9.44 Å². The van der Waals surface area contributed by atoms with Crippen LogP contribution in [0, 0.1) is 40.5 Å². The van der Waals surface area contributed by atoms with Crippen LogP contribution < -0.4 is 20.9 Å². The van der Waals surface area contributed by atoms with E-state index in [1.54, 1.807) is 0 Å². The van der Waals surface area contributed by atoms with Crippen LogP contribution in [-0.4, -0.2) is 36.5 Å². The lowest BCUT2D eigenvalue weighted by atomic mass is 9.94. The highest BCUT2D eigenvalue weighted by Crippen LogP contribution is 2.33. The summed E-state index contributed by atoms with van der Waals surface area (Å²) in [7, 11) is -9.33. The van der Waals surface area contributed by atoms with Crippen LogP contribution in [0.4, 0.5) is 22.7 Å². The molecule has 20 nitrogen and oxygen atoms in total. The van der Waals surface area contributed by atoms with Crippen molar-refractivity contribution >= 4 is 42.8 Å². The number of hydrogen-bond acceptors (Lipinski definition) is 14. The number of sulfonamides is 2. The Morgan fingerprint density at radius 3 is 0.929 bits per heavy atom. The van der Waals surface area contributed by atoms with E-state index in [0.717, 1.165) is 72.8 Å². The van der Waals surface area contributed by atoms with Crippen LogP contribution in [0.1, 0.15) is 46.4 Å². The normalized spacial score (nSPS) is 13.9. The van der Waals surface area contributed by atoms with Crippen molar-refractivity contribution in [2.75, 3.05) is 0 Å². The molecule has 0 spiro atoms. The monoisotopic (exact) mass is 806 g/mol. The molecule has 0 bridgehead atoms. The molecule has 0 heterocycles. The Labute approximate surface area is 317 Å². The van der Waals surface area contributed by atoms with Gasteiger partial charge < -0.3 is 11.5 Å². The highest BCUT2D eigenvalue weighted by atomic mass is 32.2. The van der Waals surface area contributed by atoms with Gasteiger partial charge >= 0.3 is 0 Å². The number of nitrogens with zero attached hydrogens (tertiary/aromatic N) is 4. The molecule has 22 heteroatoms. The molecule has 0 saturated carbocycles. The summed E-state index contributed by atoms with van der Waals surface area (Å²) in [6.45, 7) is 0. The Hall–Kier alpha value is -6.56. The van der Waals surface area contributed by atoms with Gasteiger partial charge in [0.1, 0.15) is 0 Å². The maximum Gasteiger partial charge on any atom is 0.269 e. The molecule has 56 heavy (non-hydrogen) atoms. The first-order valence-corrected chi connectivity index (χ1v) is 19.0. The Morgan fingerprint density at radius 2 is 0.679 bits per heavy atom. The Morgan fingerprint density at radius 1 is 0.429 bits per heavy atom. The number of nitro benzene ring substituents is 4. The van der Waals surface area contributed by atoms with E-state index in [2.05, 4.69) is 9.44 Å². The average Bonchev–Trinajstić information content (AvgIpc) is 3.18. The lowest BCUT2D eigenvalue weighted by molar-refractivity contribution is -0.385. The van der Waals surface area contributed by atoms with E-state index in [0.29, 0.717) is 0 Å². The predicted molar refractivity (Wildman–Crippen MR) is 199 cm³/mol. The van der Waals surface area contributed by atoms with E-state index in [1.807, 2.05) is 0 Å². The summed E-state index contributed by atoms with van der Waals surface area (Å²) < 4.78 is 60.6. The highest BCUT2D eigenvalue weighted by Gasteiger charge is 2.32. The molecule has 5 rings (SSSR count). The van der Waals surface area contributed by atoms with Crippen LogP contribution in [0.15, 0.2) is 131 Å². The first-order chi connectivity index (χ1) is 26.4. The molecule has 0 unspecified atom stereocenters. The summed E-state index contributed by atoms with van der Waals surface area (Å²) in [5.74, 6) is 0. The number of nitrogens with one attached hydrogen (secondary N) is 2. The van der Waals surface area contributed by atoms with Crippen LogP contribution >= 0.6 is 0 Å². The van der Waals surface area contributed by atoms with Crippen molar-refractivity contribution in [3.8, 4) is 0 Å². The lowest BCUT2D eigenvalue weighted by Gasteiger charge is -2.26. The Bertz CT molecular complexity index is 2330. The fraction of sp³-hybridized carbons (Fsp3) is 0.118. The number of rotatable bonds is 16. The second-order valence-electron chi connectivity index (χ2n) is 12.1. The van der Waals surface area contributed by atoms with Gasteiger partial charge in [0.15, 0.2) is 0 Å². The fourth-order valence-corrected chi connectivity index (χ4v) is 8.26. The molecule has 0 aliphatic rings. The minimum absolute atomic E-state index is 0.168. The van der Waals surface area contributed by atoms with Crippen molar-refractivity contribution in [1.29, 1.82) is 0 Å². The van der Waals surface area contributed by atoms with Gasteiger partial charge in [0.25, 0.3) is 22.7 Å². The second kappa shape index (κ2) is 16.4. The molecule has 5 aromatic rings. The van der Waals surface area contributed by atoms with Crippen LogP contribution in [0.5, 0.6) is 0 Å². The SMILES string of the molecule is N[C@@H](c1ccc([N+](=O)[O-])cc1)[C@@H](NS(=O)(=O)c1cccc(S(=O)(=O)N[C@@H](c2ccc([N+](=O)[O-])cc2)[C@@H](N)c2ccc([N+](=O)[O-])cc2)c1)c1ccc([N+](=O)[O-])cc1. The number of nitro groups is 4. The van der Waals surface area contributed by atoms with Gasteiger partial charge in [-0.1, -0.05) is 54.6 Å². The third kappa shape index (κ3) is 9.20. The zero-order chi connectivity index (χ0) is 40.9. The van der Waals surface area contributed by atoms with Gasteiger partial charge in [-0.2, -0.15) is 0 Å². The molecule has 4 atom stereocenters. The Balaban J connectivity index is 1.50. The number of hydrogen-bond donors (Lipinski definition) is 4. The highest BCUT2D eigenvalue weighted by molar-refractivity contribution is 7.90. The first kappa shape index (κ1) is 40.6. The summed E-state index contributed by atoms with van der Waals surface area (Å²) in [6, 6.07) is 18.6. The van der Waals surface area contributed by atoms with Crippen molar-refractivity contribution in [2.45, 2.75) is 34.0 Å². The molecule has 0 radical (unpaired) electrons. The zero-order valence-corrected chi connectivity index (χ0v) is 30.1. The molecule has 6 N–H and O–H groups in total. The van der Waals surface area contributed by atoms with Crippen molar-refractivity contribution in [3.05, 3.63) is 184 Å². The molecule has 0 aliphatic carbocycles. The fourth-order valence-electron chi connectivity index (χ4n) is 5.60. The van der Waals surface area contributed by atoms with E-state index in [4.69, 9.17) is 11.5 Å². The van der Waals surface area contributed by atoms with Gasteiger partial charge in [-0.25, -0.2) is 26.3 Å². The van der Waals surface area contributed by atoms with Gasteiger partial charge in [0.2, 0.25) is 20.0 Å². The van der Waals surface area contributed by atoms with E-state index in [-0.39, 0.29) is 45.0 Å². The van der Waals surface area contributed by atoms with E-state index >= 15 is 0 Å². The molecule has 0 aliphatic heterocycles. The summed E-state index contributed by atoms with van der Waals surface area (Å²) in [6.07, 6.45) is 0. The number of non-ortho nitro benzene ring substituents is 4. The largest absolute Gasteiger partial charge is 0.322 e. The standard InChI is InChI=1S/C34H30N8O12S2/c35-31(21-4-12-25(13-5-21)39(43)44)33(23-8-16-27(17-9-23)41(47)48)37-55(51,52)29-2-1-3-30(20-29)56(53,54)38-34(24-10-18-28(19-11-24)42(49)50)32(36)22-6-14-26(15-7-22)40(45)46/h1-20,31-34,37-38H,35-36H2/t31-,32-,33-,34-/m0/s1. The van der Waals surface area contributed by atoms with E-state index < -0.39 is 73.7 Å². The smallest absolute Gasteiger partial charge is 0.269 e. The molecule has 290 valence electrons. The second-order valence-corrected chi connectivity index (χ2v) is 15.5. The molecular formula is C34H30N8O12S2. The minimum Gasteiger partial charge on any atom is -0.322 e. The molecule has 0 saturated heterocycles. The lowest BCUT2D eigenvalue weighted by Crippen LogP contribution is -2.37. The van der Waals surface area contributed by atoms with Crippen LogP contribution in [0.3, 0.4) is 0 Å². The number of benzene rings is 5. The van der Waals surface area contributed by atoms with E-state index in [9.17, 15) is 57.3 Å². The van der Waals surface area contributed by atoms with Gasteiger partial charge in [-0.15, -0.1) is 0 Å². The summed E-state index contributed by atoms with van der Waals surface area (Å²) >= 11 is 0. The van der Waals surface area contributed by atoms with Gasteiger partial charge in [0.05, 0.1) is 53.7 Å². The van der Waals surface area contributed by atoms with Crippen molar-refractivity contribution in [2.24, 2.45) is 11.5 Å². The van der Waals surface area contributed by atoms with Crippen LogP contribution in [0.25, 0.3) is 0 Å². The molecular weight excluding hydrogens is 777 g/mol. The third-order valence-electron chi connectivity index (χ3n) is 8.61. The van der Waals surface area contributed by atoms with Gasteiger partial charge in [-0.3, -0.25) is 40.5 Å². The summed E-state index contributed by atoms with van der Waals surface area (Å²) in [5, 5.41) is 45.0. The van der Waals surface area contributed by atoms with Gasteiger partial charge in [-0.05, 0) is 40.5 Å². The molecule has 0 amide bonds. The van der Waals surface area contributed by atoms with Crippen LogP contribution in [-0.2, 0) is 20.0 Å².